The van der Waals surface area contributed by atoms with E-state index in [2.05, 4.69) is 19.2 Å². The fraction of sp³-hybridized carbons (Fsp3) is 0.533. The first kappa shape index (κ1) is 17.6. The standard InChI is InChI=1S/C12H17NO3.C3H8/c1-10-2-4-11(5-3-10)12(15)13-6-8-16-9-7-14;1-3-2/h2-5,14H,6-9H2,1H3,(H,13,15);3H2,1-2H3. The Hall–Kier alpha value is -1.39. The number of aryl methyl sites for hydroxylation is 1. The number of hydrogen-bond donors (Lipinski definition) is 2. The van der Waals surface area contributed by atoms with Gasteiger partial charge in [-0.25, -0.2) is 0 Å². The number of aliphatic hydroxyl groups is 1. The van der Waals surface area contributed by atoms with E-state index < -0.39 is 0 Å². The van der Waals surface area contributed by atoms with Gasteiger partial charge in [-0.2, -0.15) is 0 Å². The van der Waals surface area contributed by atoms with Crippen molar-refractivity contribution in [3.05, 3.63) is 35.4 Å². The summed E-state index contributed by atoms with van der Waals surface area (Å²) in [6.45, 7) is 7.40. The molecule has 0 aliphatic heterocycles. The number of benzene rings is 1. The Bertz CT molecular complexity index is 336. The fourth-order valence-corrected chi connectivity index (χ4v) is 1.21. The van der Waals surface area contributed by atoms with Crippen LogP contribution in [0.2, 0.25) is 0 Å². The normalized spacial score (nSPS) is 9.47. The Balaban J connectivity index is 0.000000982. The highest BCUT2D eigenvalue weighted by Gasteiger charge is 2.03. The number of amides is 1. The molecule has 0 unspecified atom stereocenters. The summed E-state index contributed by atoms with van der Waals surface area (Å²) in [4.78, 5) is 11.6. The van der Waals surface area contributed by atoms with Gasteiger partial charge < -0.3 is 15.2 Å². The summed E-state index contributed by atoms with van der Waals surface area (Å²) in [5.41, 5.74) is 1.77. The van der Waals surface area contributed by atoms with Gasteiger partial charge >= 0.3 is 0 Å². The van der Waals surface area contributed by atoms with Gasteiger partial charge in [0.1, 0.15) is 0 Å². The first-order chi connectivity index (χ1) is 9.15. The van der Waals surface area contributed by atoms with Crippen LogP contribution in [0.4, 0.5) is 0 Å². The van der Waals surface area contributed by atoms with Gasteiger partial charge in [-0.15, -0.1) is 0 Å². The predicted molar refractivity (Wildman–Crippen MR) is 77.4 cm³/mol. The minimum absolute atomic E-state index is 0.00586. The molecule has 0 radical (unpaired) electrons. The second-order valence-corrected chi connectivity index (χ2v) is 4.17. The minimum atomic E-state index is -0.104. The summed E-state index contributed by atoms with van der Waals surface area (Å²) >= 11 is 0. The van der Waals surface area contributed by atoms with Crippen LogP contribution in [0.3, 0.4) is 0 Å². The molecule has 1 aromatic carbocycles. The van der Waals surface area contributed by atoms with Crippen molar-refractivity contribution < 1.29 is 14.6 Å². The Morgan fingerprint density at radius 3 is 2.32 bits per heavy atom. The Morgan fingerprint density at radius 1 is 1.21 bits per heavy atom. The van der Waals surface area contributed by atoms with Gasteiger partial charge in [0.15, 0.2) is 0 Å². The number of aliphatic hydroxyl groups excluding tert-OH is 1. The second kappa shape index (κ2) is 11.7. The first-order valence-electron chi connectivity index (χ1n) is 6.69. The van der Waals surface area contributed by atoms with Crippen LogP contribution in [0.5, 0.6) is 0 Å². The third kappa shape index (κ3) is 9.22. The van der Waals surface area contributed by atoms with Gasteiger partial charge in [0.2, 0.25) is 0 Å². The van der Waals surface area contributed by atoms with Gasteiger partial charge in [0.25, 0.3) is 5.91 Å². The summed E-state index contributed by atoms with van der Waals surface area (Å²) in [5, 5.41) is 11.2. The van der Waals surface area contributed by atoms with E-state index in [0.717, 1.165) is 5.56 Å². The molecule has 0 bridgehead atoms. The average Bonchev–Trinajstić information content (AvgIpc) is 2.40. The first-order valence-corrected chi connectivity index (χ1v) is 6.69. The molecule has 4 nitrogen and oxygen atoms in total. The van der Waals surface area contributed by atoms with E-state index in [0.29, 0.717) is 25.3 Å². The number of carbonyl (C=O) groups is 1. The molecular weight excluding hydrogens is 242 g/mol. The van der Waals surface area contributed by atoms with Crippen LogP contribution < -0.4 is 5.32 Å². The lowest BCUT2D eigenvalue weighted by molar-refractivity contribution is 0.0838. The number of ether oxygens (including phenoxy) is 1. The molecule has 0 spiro atoms. The van der Waals surface area contributed by atoms with E-state index >= 15 is 0 Å². The highest BCUT2D eigenvalue weighted by Crippen LogP contribution is 2.02. The number of carbonyl (C=O) groups excluding carboxylic acids is 1. The number of rotatable bonds is 6. The third-order valence-corrected chi connectivity index (χ3v) is 2.08. The average molecular weight is 267 g/mol. The van der Waals surface area contributed by atoms with Crippen molar-refractivity contribution in [2.24, 2.45) is 0 Å². The molecule has 1 rings (SSSR count). The molecule has 0 saturated heterocycles. The summed E-state index contributed by atoms with van der Waals surface area (Å²) in [7, 11) is 0. The van der Waals surface area contributed by atoms with Crippen LogP contribution >= 0.6 is 0 Å². The maximum absolute atomic E-state index is 11.6. The second-order valence-electron chi connectivity index (χ2n) is 4.17. The molecular formula is C15H25NO3. The molecule has 0 heterocycles. The van der Waals surface area contributed by atoms with Crippen molar-refractivity contribution in [3.63, 3.8) is 0 Å². The molecule has 0 aromatic heterocycles. The molecule has 19 heavy (non-hydrogen) atoms. The SMILES string of the molecule is CCC.Cc1ccc(C(=O)NCCOCCO)cc1. The molecule has 0 fully saturated rings. The Labute approximate surface area is 115 Å². The summed E-state index contributed by atoms with van der Waals surface area (Å²) in [5.74, 6) is -0.104. The largest absolute Gasteiger partial charge is 0.394 e. The van der Waals surface area contributed by atoms with E-state index in [4.69, 9.17) is 9.84 Å². The summed E-state index contributed by atoms with van der Waals surface area (Å²) in [6, 6.07) is 7.38. The lowest BCUT2D eigenvalue weighted by Crippen LogP contribution is -2.27. The maximum atomic E-state index is 11.6. The molecule has 108 valence electrons. The number of nitrogens with one attached hydrogen (secondary N) is 1. The molecule has 2 N–H and O–H groups in total. The quantitative estimate of drug-likeness (QED) is 0.776. The zero-order valence-corrected chi connectivity index (χ0v) is 12.1. The van der Waals surface area contributed by atoms with Crippen LogP contribution in [-0.2, 0) is 4.74 Å². The van der Waals surface area contributed by atoms with E-state index in [1.165, 1.54) is 6.42 Å². The van der Waals surface area contributed by atoms with Crippen molar-refractivity contribution in [2.45, 2.75) is 27.2 Å². The molecule has 0 aliphatic rings. The van der Waals surface area contributed by atoms with Crippen molar-refractivity contribution >= 4 is 5.91 Å². The molecule has 1 aromatic rings. The summed E-state index contributed by atoms with van der Waals surface area (Å²) < 4.78 is 5.02. The van der Waals surface area contributed by atoms with Gasteiger partial charge in [0.05, 0.1) is 19.8 Å². The predicted octanol–water partition coefficient (Wildman–Crippen LogP) is 2.15. The van der Waals surface area contributed by atoms with Crippen molar-refractivity contribution in [3.8, 4) is 0 Å². The topological polar surface area (TPSA) is 58.6 Å². The Kier molecular flexibility index (Phi) is 10.8. The summed E-state index contributed by atoms with van der Waals surface area (Å²) in [6.07, 6.45) is 1.25. The monoisotopic (exact) mass is 267 g/mol. The zero-order valence-electron chi connectivity index (χ0n) is 12.1. The number of hydrogen-bond acceptors (Lipinski definition) is 3. The van der Waals surface area contributed by atoms with Crippen LogP contribution in [0, 0.1) is 6.92 Å². The molecule has 0 saturated carbocycles. The van der Waals surface area contributed by atoms with Crippen molar-refractivity contribution in [1.82, 2.24) is 5.32 Å². The smallest absolute Gasteiger partial charge is 0.251 e. The molecule has 1 amide bonds. The van der Waals surface area contributed by atoms with Gasteiger partial charge in [0, 0.05) is 12.1 Å². The van der Waals surface area contributed by atoms with Gasteiger partial charge in [-0.3, -0.25) is 4.79 Å². The van der Waals surface area contributed by atoms with Gasteiger partial charge in [-0.05, 0) is 19.1 Å². The Morgan fingerprint density at radius 2 is 1.79 bits per heavy atom. The minimum Gasteiger partial charge on any atom is -0.394 e. The van der Waals surface area contributed by atoms with Crippen LogP contribution in [0.1, 0.15) is 36.2 Å². The lowest BCUT2D eigenvalue weighted by Gasteiger charge is -2.05. The van der Waals surface area contributed by atoms with E-state index in [1.807, 2.05) is 19.1 Å². The maximum Gasteiger partial charge on any atom is 0.251 e. The molecule has 4 heteroatoms. The van der Waals surface area contributed by atoms with E-state index in [-0.39, 0.29) is 12.5 Å². The fourth-order valence-electron chi connectivity index (χ4n) is 1.21. The van der Waals surface area contributed by atoms with Crippen molar-refractivity contribution in [1.29, 1.82) is 0 Å². The lowest BCUT2D eigenvalue weighted by atomic mass is 10.1. The molecule has 0 atom stereocenters. The molecule has 0 aliphatic carbocycles. The highest BCUT2D eigenvalue weighted by molar-refractivity contribution is 5.94. The van der Waals surface area contributed by atoms with Crippen molar-refractivity contribution in [2.75, 3.05) is 26.4 Å². The van der Waals surface area contributed by atoms with Crippen LogP contribution in [0.25, 0.3) is 0 Å². The zero-order chi connectivity index (χ0) is 14.5. The van der Waals surface area contributed by atoms with Crippen LogP contribution in [0.15, 0.2) is 24.3 Å². The van der Waals surface area contributed by atoms with Crippen LogP contribution in [-0.4, -0.2) is 37.4 Å². The third-order valence-electron chi connectivity index (χ3n) is 2.08. The van der Waals surface area contributed by atoms with Gasteiger partial charge in [-0.1, -0.05) is 38.0 Å². The van der Waals surface area contributed by atoms with E-state index in [1.54, 1.807) is 12.1 Å². The highest BCUT2D eigenvalue weighted by atomic mass is 16.5. The van der Waals surface area contributed by atoms with E-state index in [9.17, 15) is 4.79 Å².